The number of hydrogen-bond donors (Lipinski definition) is 0. The van der Waals surface area contributed by atoms with Gasteiger partial charge in [0.2, 0.25) is 0 Å². The van der Waals surface area contributed by atoms with Crippen molar-refractivity contribution in [1.29, 1.82) is 0 Å². The predicted molar refractivity (Wildman–Crippen MR) is 293 cm³/mol. The van der Waals surface area contributed by atoms with Crippen LogP contribution in [-0.2, 0) is 28.6 Å². The first kappa shape index (κ1) is 65.9. The Bertz CT molecular complexity index is 1100. The standard InChI is InChI=1S/C62H116O6/c1-4-7-10-13-16-19-21-23-25-26-27-28-29-30-31-32-33-34-35-37-38-40-43-46-49-52-55-61(64)67-58-59(57-66-60(63)54-51-48-45-42-18-15-12-9-6-3)68-62(65)56-53-50-47-44-41-39-36-24-22-20-17-14-11-8-5-2/h17,20,24,36,59H,4-16,18-19,21-23,25-35,37-58H2,1-3H3/b20-17-,36-24-. The van der Waals surface area contributed by atoms with Gasteiger partial charge in [0.15, 0.2) is 6.10 Å². The minimum Gasteiger partial charge on any atom is -0.462 e. The zero-order valence-electron chi connectivity index (χ0n) is 45.9. The van der Waals surface area contributed by atoms with E-state index in [1.165, 1.54) is 218 Å². The van der Waals surface area contributed by atoms with Gasteiger partial charge in [-0.2, -0.15) is 0 Å². The van der Waals surface area contributed by atoms with E-state index in [-0.39, 0.29) is 31.1 Å². The van der Waals surface area contributed by atoms with E-state index in [0.717, 1.165) is 77.0 Å². The summed E-state index contributed by atoms with van der Waals surface area (Å²) in [6.45, 7) is 6.63. The van der Waals surface area contributed by atoms with Crippen molar-refractivity contribution in [1.82, 2.24) is 0 Å². The molecule has 0 aliphatic rings. The molecule has 0 aromatic carbocycles. The van der Waals surface area contributed by atoms with E-state index >= 15 is 0 Å². The van der Waals surface area contributed by atoms with E-state index in [9.17, 15) is 14.4 Å². The highest BCUT2D eigenvalue weighted by Gasteiger charge is 2.19. The molecule has 6 nitrogen and oxygen atoms in total. The van der Waals surface area contributed by atoms with E-state index in [1.54, 1.807) is 0 Å². The SMILES string of the molecule is CCCCC/C=C\C/C=C\CCCCCCCC(=O)OC(COC(=O)CCCCCCCCCCC)COC(=O)CCCCCCCCCCCCCCCCCCCCCCCCCCCC. The highest BCUT2D eigenvalue weighted by Crippen LogP contribution is 2.18. The topological polar surface area (TPSA) is 78.9 Å². The molecule has 0 saturated heterocycles. The molecule has 0 aromatic heterocycles. The normalized spacial score (nSPS) is 12.1. The van der Waals surface area contributed by atoms with E-state index < -0.39 is 6.10 Å². The Hall–Kier alpha value is -2.11. The van der Waals surface area contributed by atoms with Gasteiger partial charge in [0, 0.05) is 19.3 Å². The van der Waals surface area contributed by atoms with Crippen LogP contribution in [0.15, 0.2) is 24.3 Å². The smallest absolute Gasteiger partial charge is 0.306 e. The van der Waals surface area contributed by atoms with Gasteiger partial charge in [-0.25, -0.2) is 0 Å². The molecule has 0 rings (SSSR count). The second-order valence-corrected chi connectivity index (χ2v) is 20.6. The molecular formula is C62H116O6. The molecule has 0 bridgehead atoms. The van der Waals surface area contributed by atoms with Crippen molar-refractivity contribution >= 4 is 17.9 Å². The summed E-state index contributed by atoms with van der Waals surface area (Å²) in [6.07, 6.45) is 67.7. The first-order valence-corrected chi connectivity index (χ1v) is 30.3. The van der Waals surface area contributed by atoms with Gasteiger partial charge in [0.1, 0.15) is 13.2 Å². The molecule has 0 radical (unpaired) electrons. The van der Waals surface area contributed by atoms with Crippen LogP contribution in [0.4, 0.5) is 0 Å². The number of allylic oxidation sites excluding steroid dienone is 4. The second-order valence-electron chi connectivity index (χ2n) is 20.6. The van der Waals surface area contributed by atoms with Crippen molar-refractivity contribution in [2.24, 2.45) is 0 Å². The van der Waals surface area contributed by atoms with Gasteiger partial charge < -0.3 is 14.2 Å². The van der Waals surface area contributed by atoms with Crippen molar-refractivity contribution in [2.45, 2.75) is 341 Å². The van der Waals surface area contributed by atoms with Crippen molar-refractivity contribution in [3.8, 4) is 0 Å². The lowest BCUT2D eigenvalue weighted by Gasteiger charge is -2.18. The Morgan fingerprint density at radius 2 is 0.529 bits per heavy atom. The number of ether oxygens (including phenoxy) is 3. The minimum atomic E-state index is -0.773. The average molecular weight is 958 g/mol. The van der Waals surface area contributed by atoms with Crippen LogP contribution in [-0.4, -0.2) is 37.2 Å². The Kier molecular flexibility index (Phi) is 55.7. The average Bonchev–Trinajstić information content (AvgIpc) is 3.34. The van der Waals surface area contributed by atoms with Crippen LogP contribution in [0, 0.1) is 0 Å². The lowest BCUT2D eigenvalue weighted by molar-refractivity contribution is -0.167. The van der Waals surface area contributed by atoms with Crippen molar-refractivity contribution in [2.75, 3.05) is 13.2 Å². The quantitative estimate of drug-likeness (QED) is 0.0262. The largest absolute Gasteiger partial charge is 0.462 e. The Balaban J connectivity index is 4.12. The molecule has 0 amide bonds. The first-order valence-electron chi connectivity index (χ1n) is 30.3. The summed E-state index contributed by atoms with van der Waals surface area (Å²) in [4.78, 5) is 38.0. The molecule has 1 atom stereocenters. The fourth-order valence-corrected chi connectivity index (χ4v) is 9.12. The summed E-state index contributed by atoms with van der Waals surface area (Å²) < 4.78 is 16.8. The monoisotopic (exact) mass is 957 g/mol. The second kappa shape index (κ2) is 57.5. The Morgan fingerprint density at radius 3 is 0.838 bits per heavy atom. The third-order valence-electron chi connectivity index (χ3n) is 13.7. The maximum Gasteiger partial charge on any atom is 0.306 e. The van der Waals surface area contributed by atoms with Crippen LogP contribution in [0.1, 0.15) is 335 Å². The van der Waals surface area contributed by atoms with Crippen LogP contribution in [0.25, 0.3) is 0 Å². The van der Waals surface area contributed by atoms with E-state index in [2.05, 4.69) is 45.1 Å². The summed E-state index contributed by atoms with van der Waals surface area (Å²) in [5, 5.41) is 0. The predicted octanol–water partition coefficient (Wildman–Crippen LogP) is 20.3. The number of unbranched alkanes of at least 4 members (excludes halogenated alkanes) is 41. The highest BCUT2D eigenvalue weighted by atomic mass is 16.6. The van der Waals surface area contributed by atoms with Gasteiger partial charge in [-0.3, -0.25) is 14.4 Å². The van der Waals surface area contributed by atoms with E-state index in [1.807, 2.05) is 0 Å². The highest BCUT2D eigenvalue weighted by molar-refractivity contribution is 5.71. The lowest BCUT2D eigenvalue weighted by atomic mass is 10.0. The first-order chi connectivity index (χ1) is 33.5. The summed E-state index contributed by atoms with van der Waals surface area (Å²) >= 11 is 0. The summed E-state index contributed by atoms with van der Waals surface area (Å²) in [5.41, 5.74) is 0. The number of rotatable bonds is 56. The van der Waals surface area contributed by atoms with Crippen LogP contribution >= 0.6 is 0 Å². The Morgan fingerprint density at radius 1 is 0.294 bits per heavy atom. The molecule has 0 aliphatic carbocycles. The van der Waals surface area contributed by atoms with Crippen molar-refractivity contribution in [3.05, 3.63) is 24.3 Å². The van der Waals surface area contributed by atoms with Gasteiger partial charge in [0.25, 0.3) is 0 Å². The molecular weight excluding hydrogens is 841 g/mol. The van der Waals surface area contributed by atoms with Crippen LogP contribution in [0.5, 0.6) is 0 Å². The van der Waals surface area contributed by atoms with Crippen LogP contribution in [0.2, 0.25) is 0 Å². The van der Waals surface area contributed by atoms with E-state index in [4.69, 9.17) is 14.2 Å². The molecule has 0 spiro atoms. The zero-order valence-corrected chi connectivity index (χ0v) is 45.9. The number of carbonyl (C=O) groups excluding carboxylic acids is 3. The van der Waals surface area contributed by atoms with Crippen LogP contribution < -0.4 is 0 Å². The van der Waals surface area contributed by atoms with Crippen molar-refractivity contribution in [3.63, 3.8) is 0 Å². The molecule has 6 heteroatoms. The van der Waals surface area contributed by atoms with Gasteiger partial charge in [0.05, 0.1) is 0 Å². The summed E-state index contributed by atoms with van der Waals surface area (Å²) in [7, 11) is 0. The number of esters is 3. The molecule has 0 N–H and O–H groups in total. The van der Waals surface area contributed by atoms with E-state index in [0.29, 0.717) is 19.3 Å². The van der Waals surface area contributed by atoms with Gasteiger partial charge in [-0.05, 0) is 51.4 Å². The minimum absolute atomic E-state index is 0.0719. The van der Waals surface area contributed by atoms with Gasteiger partial charge in [-0.1, -0.05) is 289 Å². The van der Waals surface area contributed by atoms with Crippen LogP contribution in [0.3, 0.4) is 0 Å². The van der Waals surface area contributed by atoms with Gasteiger partial charge in [-0.15, -0.1) is 0 Å². The number of hydrogen-bond acceptors (Lipinski definition) is 6. The molecule has 0 saturated carbocycles. The maximum atomic E-state index is 12.8. The summed E-state index contributed by atoms with van der Waals surface area (Å²) in [6, 6.07) is 0. The summed E-state index contributed by atoms with van der Waals surface area (Å²) in [5.74, 6) is -0.869. The third kappa shape index (κ3) is 54.8. The molecule has 0 fully saturated rings. The number of carbonyl (C=O) groups is 3. The molecule has 1 unspecified atom stereocenters. The maximum absolute atomic E-state index is 12.8. The Labute approximate surface area is 423 Å². The fourth-order valence-electron chi connectivity index (χ4n) is 9.12. The van der Waals surface area contributed by atoms with Gasteiger partial charge >= 0.3 is 17.9 Å². The molecule has 0 heterocycles. The fraction of sp³-hybridized carbons (Fsp3) is 0.887. The third-order valence-corrected chi connectivity index (χ3v) is 13.7. The zero-order chi connectivity index (χ0) is 49.3. The lowest BCUT2D eigenvalue weighted by Crippen LogP contribution is -2.30. The molecule has 0 aliphatic heterocycles. The molecule has 68 heavy (non-hydrogen) atoms. The molecule has 400 valence electrons. The molecule has 0 aromatic rings. The van der Waals surface area contributed by atoms with Crippen molar-refractivity contribution < 1.29 is 28.6 Å².